The molecule has 1 aromatic carbocycles. The van der Waals surface area contributed by atoms with Gasteiger partial charge in [-0.2, -0.15) is 4.98 Å². The zero-order valence-electron chi connectivity index (χ0n) is 19.8. The number of hydrogen-bond donors (Lipinski definition) is 1. The van der Waals surface area contributed by atoms with Crippen molar-refractivity contribution in [3.63, 3.8) is 0 Å². The zero-order chi connectivity index (χ0) is 23.6. The fraction of sp³-hybridized carbons (Fsp3) is 0.407. The Morgan fingerprint density at radius 1 is 1.03 bits per heavy atom. The summed E-state index contributed by atoms with van der Waals surface area (Å²) < 4.78 is 5.56. The number of pyridine rings is 1. The largest absolute Gasteiger partial charge is 0.378 e. The fourth-order valence-electron chi connectivity index (χ4n) is 5.30. The standard InChI is InChI=1S/C27H30N6O2/c34-26(29-21-7-1-2-8-21)20-6-3-5-19(17-20)24-23-10-12-33(22-9-4-11-28-18-22)25(23)31-27(30-24)32-13-15-35-16-14-32/h3-6,9,11,17-18,21H,1-2,7-8,10,12-16H2,(H,29,34). The number of benzene rings is 1. The van der Waals surface area contributed by atoms with E-state index in [9.17, 15) is 4.79 Å². The van der Waals surface area contributed by atoms with Crippen molar-refractivity contribution in [2.24, 2.45) is 0 Å². The molecule has 0 spiro atoms. The molecule has 1 saturated carbocycles. The lowest BCUT2D eigenvalue weighted by atomic mass is 10.0. The maximum Gasteiger partial charge on any atom is 0.251 e. The van der Waals surface area contributed by atoms with Gasteiger partial charge in [0.15, 0.2) is 0 Å². The second-order valence-corrected chi connectivity index (χ2v) is 9.42. The molecular weight excluding hydrogens is 440 g/mol. The molecule has 1 amide bonds. The number of carbonyl (C=O) groups is 1. The lowest BCUT2D eigenvalue weighted by Gasteiger charge is -2.28. The highest BCUT2D eigenvalue weighted by molar-refractivity contribution is 5.95. The SMILES string of the molecule is O=C(NC1CCCC1)c1cccc(-c2nc(N3CCOCC3)nc3c2CCN3c2cccnc2)c1. The average Bonchev–Trinajstić information content (AvgIpc) is 3.59. The maximum atomic E-state index is 13.0. The van der Waals surface area contributed by atoms with Crippen molar-refractivity contribution in [1.82, 2.24) is 20.3 Å². The summed E-state index contributed by atoms with van der Waals surface area (Å²) in [6, 6.07) is 12.2. The first-order valence-corrected chi connectivity index (χ1v) is 12.6. The van der Waals surface area contributed by atoms with Crippen molar-refractivity contribution < 1.29 is 9.53 Å². The number of ether oxygens (including phenoxy) is 1. The maximum absolute atomic E-state index is 13.0. The van der Waals surface area contributed by atoms with Crippen LogP contribution in [0.15, 0.2) is 48.8 Å². The van der Waals surface area contributed by atoms with Crippen molar-refractivity contribution in [3.8, 4) is 11.3 Å². The number of morpholine rings is 1. The van der Waals surface area contributed by atoms with Crippen molar-refractivity contribution in [1.29, 1.82) is 0 Å². The monoisotopic (exact) mass is 470 g/mol. The molecule has 0 unspecified atom stereocenters. The van der Waals surface area contributed by atoms with Crippen LogP contribution in [0.1, 0.15) is 41.6 Å². The molecule has 2 fully saturated rings. The van der Waals surface area contributed by atoms with Crippen LogP contribution in [0.5, 0.6) is 0 Å². The number of nitrogens with zero attached hydrogens (tertiary/aromatic N) is 5. The van der Waals surface area contributed by atoms with Crippen molar-refractivity contribution in [3.05, 3.63) is 59.9 Å². The van der Waals surface area contributed by atoms with E-state index in [0.29, 0.717) is 24.7 Å². The van der Waals surface area contributed by atoms with Gasteiger partial charge in [0.1, 0.15) is 5.82 Å². The summed E-state index contributed by atoms with van der Waals surface area (Å²) >= 11 is 0. The molecule has 2 aromatic heterocycles. The summed E-state index contributed by atoms with van der Waals surface area (Å²) in [6.07, 6.45) is 9.01. The quantitative estimate of drug-likeness (QED) is 0.608. The van der Waals surface area contributed by atoms with Crippen LogP contribution < -0.4 is 15.1 Å². The molecule has 4 heterocycles. The molecule has 35 heavy (non-hydrogen) atoms. The van der Waals surface area contributed by atoms with E-state index in [1.54, 1.807) is 6.20 Å². The summed E-state index contributed by atoms with van der Waals surface area (Å²) in [5.41, 5.74) is 4.66. The van der Waals surface area contributed by atoms with Crippen molar-refractivity contribution in [2.45, 2.75) is 38.1 Å². The molecule has 0 atom stereocenters. The van der Waals surface area contributed by atoms with Crippen molar-refractivity contribution in [2.75, 3.05) is 42.6 Å². The van der Waals surface area contributed by atoms with E-state index < -0.39 is 0 Å². The van der Waals surface area contributed by atoms with E-state index in [2.05, 4.69) is 26.2 Å². The number of fused-ring (bicyclic) bond motifs is 1. The Bertz CT molecular complexity index is 1210. The fourth-order valence-corrected chi connectivity index (χ4v) is 5.30. The molecule has 8 heteroatoms. The van der Waals surface area contributed by atoms with Gasteiger partial charge in [-0.3, -0.25) is 9.78 Å². The van der Waals surface area contributed by atoms with Gasteiger partial charge in [-0.1, -0.05) is 25.0 Å². The molecule has 1 saturated heterocycles. The molecule has 1 aliphatic carbocycles. The number of hydrogen-bond acceptors (Lipinski definition) is 7. The summed E-state index contributed by atoms with van der Waals surface area (Å²) in [7, 11) is 0. The number of rotatable bonds is 5. The normalized spacial score (nSPS) is 18.1. The first-order chi connectivity index (χ1) is 17.3. The second-order valence-electron chi connectivity index (χ2n) is 9.42. The second kappa shape index (κ2) is 9.62. The van der Waals surface area contributed by atoms with Crippen molar-refractivity contribution >= 4 is 23.4 Å². The predicted octanol–water partition coefficient (Wildman–Crippen LogP) is 3.74. The smallest absolute Gasteiger partial charge is 0.251 e. The minimum atomic E-state index is -0.00478. The van der Waals surface area contributed by atoms with E-state index in [1.165, 1.54) is 12.8 Å². The van der Waals surface area contributed by atoms with Crippen LogP contribution in [0.25, 0.3) is 11.3 Å². The first kappa shape index (κ1) is 22.0. The number of aromatic nitrogens is 3. The van der Waals surface area contributed by atoms with Gasteiger partial charge < -0.3 is 19.9 Å². The van der Waals surface area contributed by atoms with Crippen LogP contribution in [-0.2, 0) is 11.2 Å². The van der Waals surface area contributed by atoms with Gasteiger partial charge in [0.2, 0.25) is 5.95 Å². The van der Waals surface area contributed by atoms with Gasteiger partial charge in [0, 0.05) is 48.6 Å². The highest BCUT2D eigenvalue weighted by Crippen LogP contribution is 2.39. The summed E-state index contributed by atoms with van der Waals surface area (Å²) in [5.74, 6) is 1.62. The van der Waals surface area contributed by atoms with Crippen LogP contribution >= 0.6 is 0 Å². The molecule has 180 valence electrons. The molecule has 1 N–H and O–H groups in total. The van der Waals surface area contributed by atoms with Crippen LogP contribution in [0.2, 0.25) is 0 Å². The lowest BCUT2D eigenvalue weighted by Crippen LogP contribution is -2.37. The molecule has 0 bridgehead atoms. The Labute approximate surface area is 205 Å². The van der Waals surface area contributed by atoms with E-state index in [0.717, 1.165) is 67.2 Å². The van der Waals surface area contributed by atoms with E-state index in [1.807, 2.05) is 36.5 Å². The van der Waals surface area contributed by atoms with Gasteiger partial charge in [-0.25, -0.2) is 4.98 Å². The highest BCUT2D eigenvalue weighted by Gasteiger charge is 2.29. The zero-order valence-corrected chi connectivity index (χ0v) is 19.8. The third-order valence-corrected chi connectivity index (χ3v) is 7.15. The Kier molecular flexibility index (Phi) is 6.04. The van der Waals surface area contributed by atoms with Crippen LogP contribution in [0, 0.1) is 0 Å². The van der Waals surface area contributed by atoms with E-state index in [4.69, 9.17) is 14.7 Å². The Hall–Kier alpha value is -3.52. The van der Waals surface area contributed by atoms with Gasteiger partial charge in [-0.05, 0) is 43.5 Å². The van der Waals surface area contributed by atoms with E-state index >= 15 is 0 Å². The molecule has 8 nitrogen and oxygen atoms in total. The van der Waals surface area contributed by atoms with Gasteiger partial charge in [0.25, 0.3) is 5.91 Å². The first-order valence-electron chi connectivity index (χ1n) is 12.6. The molecule has 0 radical (unpaired) electrons. The Morgan fingerprint density at radius 3 is 2.69 bits per heavy atom. The van der Waals surface area contributed by atoms with E-state index in [-0.39, 0.29) is 11.9 Å². The molecule has 2 aliphatic heterocycles. The van der Waals surface area contributed by atoms with Crippen LogP contribution in [0.4, 0.5) is 17.5 Å². The number of amides is 1. The molecule has 3 aromatic rings. The van der Waals surface area contributed by atoms with Crippen LogP contribution in [-0.4, -0.2) is 59.7 Å². The summed E-state index contributed by atoms with van der Waals surface area (Å²) in [4.78, 5) is 31.8. The highest BCUT2D eigenvalue weighted by atomic mass is 16.5. The third kappa shape index (κ3) is 4.46. The van der Waals surface area contributed by atoms with Gasteiger partial charge >= 0.3 is 0 Å². The summed E-state index contributed by atoms with van der Waals surface area (Å²) in [6.45, 7) is 3.67. The number of nitrogens with one attached hydrogen (secondary N) is 1. The predicted molar refractivity (Wildman–Crippen MR) is 135 cm³/mol. The third-order valence-electron chi connectivity index (χ3n) is 7.15. The molecule has 3 aliphatic rings. The van der Waals surface area contributed by atoms with Gasteiger partial charge in [-0.15, -0.1) is 0 Å². The average molecular weight is 471 g/mol. The Balaban J connectivity index is 1.39. The van der Waals surface area contributed by atoms with Gasteiger partial charge in [0.05, 0.1) is 30.8 Å². The number of anilines is 3. The Morgan fingerprint density at radius 2 is 1.89 bits per heavy atom. The molecule has 6 rings (SSSR count). The lowest BCUT2D eigenvalue weighted by molar-refractivity contribution is 0.0938. The topological polar surface area (TPSA) is 83.5 Å². The van der Waals surface area contributed by atoms with Crippen LogP contribution in [0.3, 0.4) is 0 Å². The molecular formula is C27H30N6O2. The number of carbonyl (C=O) groups excluding carboxylic acids is 1. The minimum absolute atomic E-state index is 0.00478. The summed E-state index contributed by atoms with van der Waals surface area (Å²) in [5, 5.41) is 3.21. The minimum Gasteiger partial charge on any atom is -0.378 e.